The van der Waals surface area contributed by atoms with Crippen molar-refractivity contribution in [2.24, 2.45) is 0 Å². The van der Waals surface area contributed by atoms with Crippen molar-refractivity contribution in [3.63, 3.8) is 0 Å². The standard InChI is InChI=1S/C12H13IO2/c1-7(2)11-5-9-3-8(6-14)4-10(13)12(9)15-11/h3-5,7,14H,6H2,1-2H3. The quantitative estimate of drug-likeness (QED) is 0.858. The van der Waals surface area contributed by atoms with Gasteiger partial charge in [-0.25, -0.2) is 0 Å². The number of hydrogen-bond donors (Lipinski definition) is 1. The van der Waals surface area contributed by atoms with E-state index >= 15 is 0 Å². The minimum absolute atomic E-state index is 0.0775. The molecule has 1 aromatic heterocycles. The van der Waals surface area contributed by atoms with Gasteiger partial charge in [0, 0.05) is 11.3 Å². The third kappa shape index (κ3) is 2.03. The third-order valence-electron chi connectivity index (χ3n) is 2.40. The van der Waals surface area contributed by atoms with Crippen molar-refractivity contribution in [3.8, 4) is 0 Å². The SMILES string of the molecule is CC(C)c1cc2cc(CO)cc(I)c2o1. The maximum absolute atomic E-state index is 9.10. The summed E-state index contributed by atoms with van der Waals surface area (Å²) in [6.07, 6.45) is 0. The second kappa shape index (κ2) is 4.14. The van der Waals surface area contributed by atoms with Gasteiger partial charge in [0.25, 0.3) is 0 Å². The molecule has 0 spiro atoms. The summed E-state index contributed by atoms with van der Waals surface area (Å²) in [5.74, 6) is 1.39. The highest BCUT2D eigenvalue weighted by Crippen LogP contribution is 2.29. The minimum atomic E-state index is 0.0775. The number of rotatable bonds is 2. The second-order valence-corrected chi connectivity index (χ2v) is 5.12. The number of aliphatic hydroxyl groups excluding tert-OH is 1. The first-order valence-electron chi connectivity index (χ1n) is 4.94. The van der Waals surface area contributed by atoms with E-state index in [1.165, 1.54) is 0 Å². The molecular formula is C12H13IO2. The first-order valence-corrected chi connectivity index (χ1v) is 6.02. The highest BCUT2D eigenvalue weighted by molar-refractivity contribution is 14.1. The minimum Gasteiger partial charge on any atom is -0.460 e. The average molecular weight is 316 g/mol. The fraction of sp³-hybridized carbons (Fsp3) is 0.333. The molecule has 0 bridgehead atoms. The lowest BCUT2D eigenvalue weighted by atomic mass is 10.1. The van der Waals surface area contributed by atoms with Crippen LogP contribution in [0, 0.1) is 3.57 Å². The van der Waals surface area contributed by atoms with Crippen molar-refractivity contribution in [3.05, 3.63) is 33.1 Å². The van der Waals surface area contributed by atoms with Crippen molar-refractivity contribution in [1.82, 2.24) is 0 Å². The van der Waals surface area contributed by atoms with Gasteiger partial charge in [-0.3, -0.25) is 0 Å². The summed E-state index contributed by atoms with van der Waals surface area (Å²) >= 11 is 2.24. The third-order valence-corrected chi connectivity index (χ3v) is 3.20. The number of fused-ring (bicyclic) bond motifs is 1. The van der Waals surface area contributed by atoms with E-state index in [2.05, 4.69) is 42.5 Å². The van der Waals surface area contributed by atoms with Crippen molar-refractivity contribution in [2.75, 3.05) is 0 Å². The molecule has 0 unspecified atom stereocenters. The maximum atomic E-state index is 9.10. The first kappa shape index (κ1) is 11.0. The van der Waals surface area contributed by atoms with Crippen LogP contribution in [-0.2, 0) is 6.61 Å². The Morgan fingerprint density at radius 2 is 2.07 bits per heavy atom. The smallest absolute Gasteiger partial charge is 0.147 e. The van der Waals surface area contributed by atoms with Gasteiger partial charge in [-0.05, 0) is 46.4 Å². The highest BCUT2D eigenvalue weighted by atomic mass is 127. The number of benzene rings is 1. The van der Waals surface area contributed by atoms with E-state index in [0.29, 0.717) is 5.92 Å². The zero-order valence-corrected chi connectivity index (χ0v) is 10.9. The Morgan fingerprint density at radius 1 is 1.33 bits per heavy atom. The Kier molecular flexibility index (Phi) is 3.02. The topological polar surface area (TPSA) is 33.4 Å². The fourth-order valence-electron chi connectivity index (χ4n) is 1.56. The summed E-state index contributed by atoms with van der Waals surface area (Å²) in [6.45, 7) is 4.29. The van der Waals surface area contributed by atoms with Crippen LogP contribution in [0.3, 0.4) is 0 Å². The van der Waals surface area contributed by atoms with Crippen LogP contribution in [0.25, 0.3) is 11.0 Å². The van der Waals surface area contributed by atoms with Crippen molar-refractivity contribution in [2.45, 2.75) is 26.4 Å². The summed E-state index contributed by atoms with van der Waals surface area (Å²) in [5, 5.41) is 10.2. The Balaban J connectivity index is 2.64. The zero-order valence-electron chi connectivity index (χ0n) is 8.75. The highest BCUT2D eigenvalue weighted by Gasteiger charge is 2.10. The maximum Gasteiger partial charge on any atom is 0.147 e. The molecule has 0 saturated heterocycles. The Morgan fingerprint density at radius 3 is 2.67 bits per heavy atom. The molecule has 0 amide bonds. The molecule has 0 radical (unpaired) electrons. The number of aliphatic hydroxyl groups is 1. The first-order chi connectivity index (χ1) is 7.11. The molecule has 0 saturated carbocycles. The number of hydrogen-bond acceptors (Lipinski definition) is 2. The number of halogens is 1. The second-order valence-electron chi connectivity index (χ2n) is 3.96. The fourth-order valence-corrected chi connectivity index (χ4v) is 2.39. The van der Waals surface area contributed by atoms with E-state index in [1.807, 2.05) is 12.1 Å². The molecular weight excluding hydrogens is 303 g/mol. The summed E-state index contributed by atoms with van der Waals surface area (Å²) < 4.78 is 6.83. The van der Waals surface area contributed by atoms with Crippen LogP contribution in [0.1, 0.15) is 31.1 Å². The Bertz CT molecular complexity index is 486. The molecule has 0 fully saturated rings. The molecule has 15 heavy (non-hydrogen) atoms. The summed E-state index contributed by atoms with van der Waals surface area (Å²) in [5.41, 5.74) is 1.86. The van der Waals surface area contributed by atoms with E-state index in [4.69, 9.17) is 9.52 Å². The van der Waals surface area contributed by atoms with Crippen LogP contribution >= 0.6 is 22.6 Å². The van der Waals surface area contributed by atoms with Crippen molar-refractivity contribution in [1.29, 1.82) is 0 Å². The van der Waals surface area contributed by atoms with Crippen LogP contribution < -0.4 is 0 Å². The van der Waals surface area contributed by atoms with Gasteiger partial charge in [0.1, 0.15) is 11.3 Å². The molecule has 80 valence electrons. The normalized spacial score (nSPS) is 11.5. The van der Waals surface area contributed by atoms with Gasteiger partial charge in [0.2, 0.25) is 0 Å². The lowest BCUT2D eigenvalue weighted by Gasteiger charge is -1.98. The van der Waals surface area contributed by atoms with Gasteiger partial charge < -0.3 is 9.52 Å². The predicted octanol–water partition coefficient (Wildman–Crippen LogP) is 3.65. The molecule has 1 heterocycles. The summed E-state index contributed by atoms with van der Waals surface area (Å²) in [6, 6.07) is 5.99. The van der Waals surface area contributed by atoms with E-state index < -0.39 is 0 Å². The molecule has 0 aliphatic rings. The van der Waals surface area contributed by atoms with Gasteiger partial charge in [0.15, 0.2) is 0 Å². The predicted molar refractivity (Wildman–Crippen MR) is 68.9 cm³/mol. The molecule has 1 N–H and O–H groups in total. The summed E-state index contributed by atoms with van der Waals surface area (Å²) in [4.78, 5) is 0. The molecule has 2 nitrogen and oxygen atoms in total. The summed E-state index contributed by atoms with van der Waals surface area (Å²) in [7, 11) is 0. The van der Waals surface area contributed by atoms with E-state index in [-0.39, 0.29) is 6.61 Å². The van der Waals surface area contributed by atoms with Crippen LogP contribution in [-0.4, -0.2) is 5.11 Å². The van der Waals surface area contributed by atoms with Crippen molar-refractivity contribution < 1.29 is 9.52 Å². The van der Waals surface area contributed by atoms with Gasteiger partial charge in [-0.1, -0.05) is 13.8 Å². The largest absolute Gasteiger partial charge is 0.460 e. The van der Waals surface area contributed by atoms with Gasteiger partial charge >= 0.3 is 0 Å². The Labute approximate surface area is 102 Å². The monoisotopic (exact) mass is 316 g/mol. The van der Waals surface area contributed by atoms with Gasteiger partial charge in [-0.2, -0.15) is 0 Å². The van der Waals surface area contributed by atoms with Gasteiger partial charge in [0.05, 0.1) is 10.2 Å². The molecule has 1 aromatic carbocycles. The van der Waals surface area contributed by atoms with E-state index in [0.717, 1.165) is 25.9 Å². The van der Waals surface area contributed by atoms with Gasteiger partial charge in [-0.15, -0.1) is 0 Å². The van der Waals surface area contributed by atoms with Crippen LogP contribution in [0.5, 0.6) is 0 Å². The van der Waals surface area contributed by atoms with Crippen LogP contribution in [0.15, 0.2) is 22.6 Å². The molecule has 2 aromatic rings. The molecule has 0 aliphatic carbocycles. The average Bonchev–Trinajstić information content (AvgIpc) is 2.61. The van der Waals surface area contributed by atoms with Crippen LogP contribution in [0.2, 0.25) is 0 Å². The molecule has 0 aliphatic heterocycles. The molecule has 2 rings (SSSR count). The lowest BCUT2D eigenvalue weighted by molar-refractivity contribution is 0.282. The van der Waals surface area contributed by atoms with E-state index in [9.17, 15) is 0 Å². The number of furan rings is 1. The Hall–Kier alpha value is -0.550. The molecule has 3 heteroatoms. The lowest BCUT2D eigenvalue weighted by Crippen LogP contribution is -1.83. The van der Waals surface area contributed by atoms with E-state index in [1.54, 1.807) is 0 Å². The van der Waals surface area contributed by atoms with Crippen molar-refractivity contribution >= 4 is 33.6 Å². The molecule has 0 atom stereocenters. The van der Waals surface area contributed by atoms with Crippen LogP contribution in [0.4, 0.5) is 0 Å². The zero-order chi connectivity index (χ0) is 11.0.